The number of hydrogen-bond acceptors (Lipinski definition) is 6. The molecule has 8 nitrogen and oxygen atoms in total. The van der Waals surface area contributed by atoms with E-state index in [0.717, 1.165) is 0 Å². The van der Waals surface area contributed by atoms with Gasteiger partial charge in [0.1, 0.15) is 6.20 Å². The van der Waals surface area contributed by atoms with Gasteiger partial charge in [0, 0.05) is 29.6 Å². The van der Waals surface area contributed by atoms with Crippen molar-refractivity contribution in [2.45, 2.75) is 24.7 Å². The molecule has 1 rings (SSSR count). The maximum atomic E-state index is 14.0. The van der Waals surface area contributed by atoms with Crippen LogP contribution in [0.1, 0.15) is 12.8 Å². The first kappa shape index (κ1) is 23.2. The summed E-state index contributed by atoms with van der Waals surface area (Å²) in [6.45, 7) is 0. The zero-order chi connectivity index (χ0) is 21.0. The molecule has 0 aliphatic heterocycles. The first-order valence-electron chi connectivity index (χ1n) is 7.05. The minimum absolute atomic E-state index is 0.366. The summed E-state index contributed by atoms with van der Waals surface area (Å²) in [6, 6.07) is 0.612. The van der Waals surface area contributed by atoms with Crippen LogP contribution in [0.2, 0.25) is 0 Å². The molecule has 27 heavy (non-hydrogen) atoms. The van der Waals surface area contributed by atoms with Crippen LogP contribution in [-0.4, -0.2) is 44.2 Å². The van der Waals surface area contributed by atoms with Crippen LogP contribution in [-0.2, 0) is 9.59 Å². The van der Waals surface area contributed by atoms with Crippen LogP contribution in [0.25, 0.3) is 0 Å². The van der Waals surface area contributed by atoms with Crippen molar-refractivity contribution < 1.29 is 32.1 Å². The Kier molecular flexibility index (Phi) is 7.66. The van der Waals surface area contributed by atoms with Gasteiger partial charge in [-0.1, -0.05) is 31.9 Å². The van der Waals surface area contributed by atoms with Crippen molar-refractivity contribution in [2.24, 2.45) is 0 Å². The van der Waals surface area contributed by atoms with Gasteiger partial charge in [0.05, 0.1) is 10.6 Å². The first-order chi connectivity index (χ1) is 12.4. The van der Waals surface area contributed by atoms with Gasteiger partial charge in [-0.05, 0) is 0 Å². The Hall–Kier alpha value is -1.83. The molecule has 0 radical (unpaired) electrons. The molecule has 2 amide bonds. The predicted octanol–water partition coefficient (Wildman–Crippen LogP) is 3.27. The summed E-state index contributed by atoms with van der Waals surface area (Å²) in [6.07, 6.45) is -1.68. The normalized spacial score (nSPS) is 11.9. The van der Waals surface area contributed by atoms with Crippen molar-refractivity contribution >= 4 is 60.9 Å². The summed E-state index contributed by atoms with van der Waals surface area (Å²) in [5, 5.41) is 9.97. The molecule has 0 fully saturated rings. The number of hydrogen-bond donors (Lipinski definition) is 1. The van der Waals surface area contributed by atoms with Crippen LogP contribution in [0.4, 0.5) is 34.8 Å². The fourth-order valence-corrected chi connectivity index (χ4v) is 2.81. The average Bonchev–Trinajstić information content (AvgIpc) is 2.55. The number of nitrogens with two attached hydrogens (primary N) is 1. The Morgan fingerprint density at radius 2 is 1.59 bits per heavy atom. The van der Waals surface area contributed by atoms with E-state index in [2.05, 4.69) is 36.8 Å². The number of nitrogens with zero attached hydrogens (tertiary/aromatic N) is 3. The number of anilines is 2. The fraction of sp³-hybridized carbons (Fsp3) is 0.462. The van der Waals surface area contributed by atoms with Crippen LogP contribution in [0.15, 0.2) is 12.3 Å². The Balaban J connectivity index is 3.54. The van der Waals surface area contributed by atoms with Gasteiger partial charge in [0.25, 0.3) is 5.69 Å². The van der Waals surface area contributed by atoms with Gasteiger partial charge in [-0.2, -0.15) is 17.6 Å². The van der Waals surface area contributed by atoms with Crippen LogP contribution < -0.4 is 10.6 Å². The van der Waals surface area contributed by atoms with Gasteiger partial charge in [0.15, 0.2) is 5.82 Å². The van der Waals surface area contributed by atoms with Gasteiger partial charge < -0.3 is 5.73 Å². The minimum atomic E-state index is -4.19. The number of nitrogen functional groups attached to an aromatic ring is 1. The highest BCUT2D eigenvalue weighted by Gasteiger charge is 2.51. The SMILES string of the molecule is Nc1cc([N+](=O)[O-])cnc1N(C(=O)C(F)(F)CCBr)C(=O)C(F)(F)CCBr. The van der Waals surface area contributed by atoms with E-state index >= 15 is 0 Å². The predicted molar refractivity (Wildman–Crippen MR) is 94.5 cm³/mol. The fourth-order valence-electron chi connectivity index (χ4n) is 1.81. The van der Waals surface area contributed by atoms with E-state index in [4.69, 9.17) is 5.73 Å². The number of carbonyl (C=O) groups is 2. The van der Waals surface area contributed by atoms with E-state index in [9.17, 15) is 37.3 Å². The largest absolute Gasteiger partial charge is 0.396 e. The van der Waals surface area contributed by atoms with Crippen molar-refractivity contribution in [1.82, 2.24) is 4.98 Å². The molecule has 150 valence electrons. The molecular formula is C13H12Br2F4N4O4. The number of alkyl halides is 6. The lowest BCUT2D eigenvalue weighted by Crippen LogP contribution is -2.53. The maximum Gasteiger partial charge on any atom is 0.326 e. The third kappa shape index (κ3) is 5.34. The second-order valence-corrected chi connectivity index (χ2v) is 6.68. The summed E-state index contributed by atoms with van der Waals surface area (Å²) in [5.74, 6) is -14.0. The molecule has 2 N–H and O–H groups in total. The highest BCUT2D eigenvalue weighted by molar-refractivity contribution is 9.09. The smallest absolute Gasteiger partial charge is 0.326 e. The third-order valence-electron chi connectivity index (χ3n) is 3.15. The van der Waals surface area contributed by atoms with Crippen molar-refractivity contribution in [3.05, 3.63) is 22.4 Å². The first-order valence-corrected chi connectivity index (χ1v) is 9.29. The third-order valence-corrected chi connectivity index (χ3v) is 3.95. The van der Waals surface area contributed by atoms with E-state index in [-0.39, 0.29) is 10.7 Å². The molecule has 14 heteroatoms. The highest BCUT2D eigenvalue weighted by Crippen LogP contribution is 2.34. The topological polar surface area (TPSA) is 119 Å². The second kappa shape index (κ2) is 8.91. The molecular weight excluding hydrogens is 512 g/mol. The Morgan fingerprint density at radius 1 is 1.15 bits per heavy atom. The molecule has 0 unspecified atom stereocenters. The van der Waals surface area contributed by atoms with E-state index in [1.54, 1.807) is 0 Å². The lowest BCUT2D eigenvalue weighted by Gasteiger charge is -2.28. The van der Waals surface area contributed by atoms with Crippen molar-refractivity contribution in [3.63, 3.8) is 0 Å². The maximum absolute atomic E-state index is 14.0. The molecule has 0 bridgehead atoms. The standard InChI is InChI=1S/C13H12Br2F4N4O4/c14-3-1-12(16,17)10(24)22(11(25)13(18,19)2-4-15)9-8(20)5-7(6-21-9)23(26)27/h5-6H,1-4,20H2. The molecule has 0 aliphatic carbocycles. The lowest BCUT2D eigenvalue weighted by atomic mass is 10.1. The number of pyridine rings is 1. The summed E-state index contributed by atoms with van der Waals surface area (Å²) in [4.78, 5) is 36.9. The molecule has 0 atom stereocenters. The number of aromatic nitrogens is 1. The zero-order valence-electron chi connectivity index (χ0n) is 13.3. The number of nitro groups is 1. The molecule has 1 aromatic heterocycles. The molecule has 0 aromatic carbocycles. The van der Waals surface area contributed by atoms with E-state index in [1.165, 1.54) is 0 Å². The van der Waals surface area contributed by atoms with Crippen molar-refractivity contribution in [1.29, 1.82) is 0 Å². The second-order valence-electron chi connectivity index (χ2n) is 5.10. The number of amides is 2. The van der Waals surface area contributed by atoms with Crippen LogP contribution in [0.5, 0.6) is 0 Å². The summed E-state index contributed by atoms with van der Waals surface area (Å²) >= 11 is 5.39. The van der Waals surface area contributed by atoms with Crippen LogP contribution in [0, 0.1) is 10.1 Å². The molecule has 0 saturated heterocycles. The summed E-state index contributed by atoms with van der Waals surface area (Å²) in [5.41, 5.74) is 4.00. The Labute approximate surface area is 166 Å². The number of imide groups is 1. The highest BCUT2D eigenvalue weighted by atomic mass is 79.9. The van der Waals surface area contributed by atoms with Gasteiger partial charge in [0.2, 0.25) is 0 Å². The van der Waals surface area contributed by atoms with Gasteiger partial charge in [-0.3, -0.25) is 19.7 Å². The number of carbonyl (C=O) groups excluding carboxylic acids is 2. The lowest BCUT2D eigenvalue weighted by molar-refractivity contribution is -0.385. The minimum Gasteiger partial charge on any atom is -0.396 e. The zero-order valence-corrected chi connectivity index (χ0v) is 16.5. The van der Waals surface area contributed by atoms with Gasteiger partial charge in [-0.15, -0.1) is 0 Å². The monoisotopic (exact) mass is 522 g/mol. The summed E-state index contributed by atoms with van der Waals surface area (Å²) < 4.78 is 56.1. The molecule has 0 saturated carbocycles. The van der Waals surface area contributed by atoms with Crippen LogP contribution >= 0.6 is 31.9 Å². The van der Waals surface area contributed by atoms with Crippen LogP contribution in [0.3, 0.4) is 0 Å². The molecule has 0 spiro atoms. The number of rotatable bonds is 8. The molecule has 0 aliphatic rings. The average molecular weight is 524 g/mol. The quantitative estimate of drug-likeness (QED) is 0.242. The molecule has 1 heterocycles. The Morgan fingerprint density at radius 3 is 1.93 bits per heavy atom. The Bertz CT molecular complexity index is 721. The van der Waals surface area contributed by atoms with Crippen molar-refractivity contribution in [3.8, 4) is 0 Å². The van der Waals surface area contributed by atoms with E-state index in [1.807, 2.05) is 0 Å². The summed E-state index contributed by atoms with van der Waals surface area (Å²) in [7, 11) is 0. The number of halogens is 6. The van der Waals surface area contributed by atoms with Gasteiger partial charge in [-0.25, -0.2) is 9.88 Å². The van der Waals surface area contributed by atoms with E-state index in [0.29, 0.717) is 12.3 Å². The van der Waals surface area contributed by atoms with E-state index < -0.39 is 63.5 Å². The molecule has 1 aromatic rings. The van der Waals surface area contributed by atoms with Gasteiger partial charge >= 0.3 is 23.7 Å². The van der Waals surface area contributed by atoms with Crippen molar-refractivity contribution in [2.75, 3.05) is 21.3 Å².